The fourth-order valence-corrected chi connectivity index (χ4v) is 4.94. The molecule has 3 aliphatic rings. The molecule has 3 aliphatic heterocycles. The van der Waals surface area contributed by atoms with Gasteiger partial charge in [0.05, 0.1) is 5.56 Å². The van der Waals surface area contributed by atoms with Crippen molar-refractivity contribution in [3.8, 4) is 17.2 Å². The van der Waals surface area contributed by atoms with Gasteiger partial charge in [-0.25, -0.2) is 9.59 Å². The summed E-state index contributed by atoms with van der Waals surface area (Å²) in [6.45, 7) is 0.740. The van der Waals surface area contributed by atoms with Crippen molar-refractivity contribution in [2.24, 2.45) is 0 Å². The number of carboxylic acid groups (broad SMARTS) is 1. The molecule has 36 heavy (non-hydrogen) atoms. The molecule has 0 bridgehead atoms. The van der Waals surface area contributed by atoms with Crippen LogP contribution in [0.2, 0.25) is 0 Å². The zero-order valence-electron chi connectivity index (χ0n) is 18.9. The molecule has 3 amide bonds. The highest BCUT2D eigenvalue weighted by atomic mass is 16.7. The number of nitrogens with zero attached hydrogens (tertiary/aromatic N) is 1. The smallest absolute Gasteiger partial charge is 0.335 e. The van der Waals surface area contributed by atoms with Gasteiger partial charge in [-0.1, -0.05) is 18.2 Å². The van der Waals surface area contributed by atoms with Crippen LogP contribution >= 0.6 is 0 Å². The number of carbonyl (C=O) groups excluding carboxylic acids is 2. The summed E-state index contributed by atoms with van der Waals surface area (Å²) < 4.78 is 17.0. The summed E-state index contributed by atoms with van der Waals surface area (Å²) in [6.07, 6.45) is 0. The number of fused-ring (bicyclic) bond motifs is 5. The number of benzene rings is 3. The molecule has 0 saturated carbocycles. The van der Waals surface area contributed by atoms with Gasteiger partial charge in [0, 0.05) is 36.1 Å². The Morgan fingerprint density at radius 2 is 1.69 bits per heavy atom. The van der Waals surface area contributed by atoms with Gasteiger partial charge >= 0.3 is 12.0 Å². The minimum Gasteiger partial charge on any atom is -0.491 e. The summed E-state index contributed by atoms with van der Waals surface area (Å²) in [5.41, 5.74) is 1.93. The van der Waals surface area contributed by atoms with Crippen LogP contribution in [0.15, 0.2) is 60.7 Å². The van der Waals surface area contributed by atoms with E-state index in [2.05, 4.69) is 10.6 Å². The molecule has 0 saturated heterocycles. The van der Waals surface area contributed by atoms with Crippen molar-refractivity contribution in [1.29, 1.82) is 0 Å². The van der Waals surface area contributed by atoms with Crippen LogP contribution < -0.4 is 29.7 Å². The van der Waals surface area contributed by atoms with Crippen LogP contribution in [0.3, 0.4) is 0 Å². The van der Waals surface area contributed by atoms with Crippen LogP contribution in [0.4, 0.5) is 16.2 Å². The number of aromatic carboxylic acids is 1. The van der Waals surface area contributed by atoms with Crippen molar-refractivity contribution in [2.45, 2.75) is 5.41 Å². The van der Waals surface area contributed by atoms with E-state index in [1.54, 1.807) is 11.0 Å². The third-order valence-electron chi connectivity index (χ3n) is 6.65. The first-order chi connectivity index (χ1) is 17.5. The van der Waals surface area contributed by atoms with E-state index in [-0.39, 0.29) is 38.0 Å². The molecule has 0 fully saturated rings. The second-order valence-corrected chi connectivity index (χ2v) is 8.63. The molecule has 10 nitrogen and oxygen atoms in total. The summed E-state index contributed by atoms with van der Waals surface area (Å²) >= 11 is 0. The maximum atomic E-state index is 13.9. The maximum absolute atomic E-state index is 13.9. The first-order valence-corrected chi connectivity index (χ1v) is 11.3. The van der Waals surface area contributed by atoms with Crippen LogP contribution in [-0.4, -0.2) is 49.5 Å². The molecule has 1 atom stereocenters. The molecule has 1 spiro atoms. The Morgan fingerprint density at radius 1 is 0.944 bits per heavy atom. The monoisotopic (exact) mass is 487 g/mol. The Bertz CT molecular complexity index is 1410. The molecule has 3 heterocycles. The number of ether oxygens (including phenoxy) is 3. The largest absolute Gasteiger partial charge is 0.491 e. The number of rotatable bonds is 5. The number of carbonyl (C=O) groups is 3. The normalized spacial score (nSPS) is 18.6. The molecule has 6 rings (SSSR count). The number of hydrogen-bond acceptors (Lipinski definition) is 6. The van der Waals surface area contributed by atoms with Crippen molar-refractivity contribution < 1.29 is 33.7 Å². The van der Waals surface area contributed by atoms with Crippen LogP contribution in [0.5, 0.6) is 17.2 Å². The number of nitrogens with one attached hydrogen (secondary N) is 2. The summed E-state index contributed by atoms with van der Waals surface area (Å²) in [7, 11) is 0. The van der Waals surface area contributed by atoms with Crippen LogP contribution in [0, 0.1) is 0 Å². The lowest BCUT2D eigenvalue weighted by atomic mass is 9.77. The average molecular weight is 487 g/mol. The first-order valence-electron chi connectivity index (χ1n) is 11.3. The van der Waals surface area contributed by atoms with Gasteiger partial charge < -0.3 is 34.9 Å². The van der Waals surface area contributed by atoms with E-state index in [9.17, 15) is 14.4 Å². The zero-order valence-corrected chi connectivity index (χ0v) is 18.9. The summed E-state index contributed by atoms with van der Waals surface area (Å²) in [6, 6.07) is 16.5. The molecule has 182 valence electrons. The molecule has 3 aromatic rings. The van der Waals surface area contributed by atoms with Crippen molar-refractivity contribution in [3.05, 3.63) is 77.4 Å². The van der Waals surface area contributed by atoms with Gasteiger partial charge in [0.25, 0.3) is 0 Å². The number of hydrogen-bond donors (Lipinski definition) is 3. The van der Waals surface area contributed by atoms with Gasteiger partial charge in [-0.15, -0.1) is 0 Å². The third-order valence-corrected chi connectivity index (χ3v) is 6.65. The SMILES string of the molecule is O=C(NCCN1C(=O)C2(COc3cc4c(cc32)OCO4)c2ccccc21)Nc1ccc(C(=O)O)cc1. The standard InChI is InChI=1S/C26H21N3O7/c30-23(31)15-5-7-16(8-6-15)28-25(33)27-9-10-29-19-4-2-1-3-17(19)26(24(29)32)13-34-20-12-22-21(11-18(20)26)35-14-36-22/h1-8,11-12H,9-10,13-14H2,(H,30,31)(H2,27,28,33). The summed E-state index contributed by atoms with van der Waals surface area (Å²) in [5, 5.41) is 14.4. The number of para-hydroxylation sites is 1. The van der Waals surface area contributed by atoms with Gasteiger partial charge in [0.2, 0.25) is 12.7 Å². The topological polar surface area (TPSA) is 126 Å². The van der Waals surface area contributed by atoms with E-state index in [0.717, 1.165) is 16.8 Å². The Hall–Kier alpha value is -4.73. The summed E-state index contributed by atoms with van der Waals surface area (Å²) in [4.78, 5) is 38.9. The number of carboxylic acids is 1. The predicted molar refractivity (Wildman–Crippen MR) is 128 cm³/mol. The van der Waals surface area contributed by atoms with E-state index < -0.39 is 17.4 Å². The molecular weight excluding hydrogens is 466 g/mol. The Morgan fingerprint density at radius 3 is 2.47 bits per heavy atom. The van der Waals surface area contributed by atoms with E-state index in [1.807, 2.05) is 30.3 Å². The van der Waals surface area contributed by atoms with E-state index in [1.165, 1.54) is 24.3 Å². The minimum absolute atomic E-state index is 0.124. The third kappa shape index (κ3) is 3.29. The summed E-state index contributed by atoms with van der Waals surface area (Å²) in [5.74, 6) is 0.592. The lowest BCUT2D eigenvalue weighted by molar-refractivity contribution is -0.122. The Balaban J connectivity index is 1.19. The highest BCUT2D eigenvalue weighted by Crippen LogP contribution is 2.54. The van der Waals surface area contributed by atoms with Gasteiger partial charge in [-0.3, -0.25) is 4.79 Å². The molecule has 10 heteroatoms. The second kappa shape index (κ2) is 8.19. The van der Waals surface area contributed by atoms with Gasteiger partial charge in [-0.2, -0.15) is 0 Å². The van der Waals surface area contributed by atoms with Crippen LogP contribution in [-0.2, 0) is 10.2 Å². The van der Waals surface area contributed by atoms with Crippen molar-refractivity contribution in [1.82, 2.24) is 5.32 Å². The Labute approximate surface area is 205 Å². The van der Waals surface area contributed by atoms with Crippen molar-refractivity contribution >= 4 is 29.3 Å². The number of amides is 3. The van der Waals surface area contributed by atoms with E-state index in [4.69, 9.17) is 19.3 Å². The molecule has 1 unspecified atom stereocenters. The van der Waals surface area contributed by atoms with Crippen molar-refractivity contribution in [3.63, 3.8) is 0 Å². The molecule has 3 N–H and O–H groups in total. The molecular formula is C26H21N3O7. The fourth-order valence-electron chi connectivity index (χ4n) is 4.94. The zero-order chi connectivity index (χ0) is 24.9. The molecule has 0 aliphatic carbocycles. The van der Waals surface area contributed by atoms with Gasteiger partial charge in [0.1, 0.15) is 17.8 Å². The highest BCUT2D eigenvalue weighted by Gasteiger charge is 2.57. The number of urea groups is 1. The lowest BCUT2D eigenvalue weighted by Crippen LogP contribution is -2.45. The van der Waals surface area contributed by atoms with Crippen LogP contribution in [0.1, 0.15) is 21.5 Å². The quantitative estimate of drug-likeness (QED) is 0.505. The van der Waals surface area contributed by atoms with E-state index >= 15 is 0 Å². The number of anilines is 2. The fraction of sp³-hybridized carbons (Fsp3) is 0.192. The first kappa shape index (κ1) is 21.8. The molecule has 3 aromatic carbocycles. The Kier molecular flexibility index (Phi) is 4.96. The predicted octanol–water partition coefficient (Wildman–Crippen LogP) is 2.96. The van der Waals surface area contributed by atoms with Crippen molar-refractivity contribution in [2.75, 3.05) is 36.7 Å². The molecule has 0 aromatic heterocycles. The maximum Gasteiger partial charge on any atom is 0.335 e. The van der Waals surface area contributed by atoms with E-state index in [0.29, 0.717) is 22.9 Å². The minimum atomic E-state index is -1.04. The lowest BCUT2D eigenvalue weighted by Gasteiger charge is -2.23. The van der Waals surface area contributed by atoms with Gasteiger partial charge in [-0.05, 0) is 42.0 Å². The average Bonchev–Trinajstić information content (AvgIpc) is 3.55. The second-order valence-electron chi connectivity index (χ2n) is 8.63. The highest BCUT2D eigenvalue weighted by molar-refractivity contribution is 6.11. The van der Waals surface area contributed by atoms with Gasteiger partial charge in [0.15, 0.2) is 11.5 Å². The van der Waals surface area contributed by atoms with Crippen LogP contribution in [0.25, 0.3) is 0 Å². The molecule has 0 radical (unpaired) electrons.